The Balaban J connectivity index is 1.65. The predicted molar refractivity (Wildman–Crippen MR) is 106 cm³/mol. The van der Waals surface area contributed by atoms with Crippen LogP contribution in [0.1, 0.15) is 21.5 Å². The molecule has 3 rings (SSSR count). The first kappa shape index (κ1) is 18.9. The Morgan fingerprint density at radius 2 is 1.85 bits per heavy atom. The molecule has 3 aromatic rings. The molecule has 0 aliphatic heterocycles. The van der Waals surface area contributed by atoms with Crippen molar-refractivity contribution in [1.29, 1.82) is 0 Å². The van der Waals surface area contributed by atoms with Crippen molar-refractivity contribution >= 4 is 23.2 Å². The van der Waals surface area contributed by atoms with E-state index >= 15 is 0 Å². The van der Waals surface area contributed by atoms with E-state index in [4.69, 9.17) is 16.4 Å². The number of carbonyl (C=O) groups excluding carboxylic acids is 1. The minimum absolute atomic E-state index is 0.227. The van der Waals surface area contributed by atoms with Gasteiger partial charge in [-0.15, -0.1) is 0 Å². The monoisotopic (exact) mass is 381 g/mol. The van der Waals surface area contributed by atoms with Crippen molar-refractivity contribution in [1.82, 2.24) is 10.0 Å². The van der Waals surface area contributed by atoms with E-state index in [9.17, 15) is 4.79 Å². The van der Waals surface area contributed by atoms with Crippen LogP contribution in [0.25, 0.3) is 0 Å². The summed E-state index contributed by atoms with van der Waals surface area (Å²) in [6.07, 6.45) is 3.48. The van der Waals surface area contributed by atoms with Gasteiger partial charge < -0.3 is 5.32 Å². The van der Waals surface area contributed by atoms with Gasteiger partial charge in [-0.1, -0.05) is 35.9 Å². The largest absolute Gasteiger partial charge is 0.380 e. The molecule has 1 heterocycles. The molecule has 1 aromatic heterocycles. The van der Waals surface area contributed by atoms with Crippen molar-refractivity contribution < 1.29 is 9.63 Å². The number of anilines is 1. The van der Waals surface area contributed by atoms with Crippen molar-refractivity contribution in [3.63, 3.8) is 0 Å². The van der Waals surface area contributed by atoms with Gasteiger partial charge in [-0.2, -0.15) is 0 Å². The van der Waals surface area contributed by atoms with Crippen molar-refractivity contribution in [3.8, 4) is 0 Å². The van der Waals surface area contributed by atoms with Crippen LogP contribution >= 0.6 is 11.6 Å². The summed E-state index contributed by atoms with van der Waals surface area (Å²) in [5, 5.41) is 5.18. The lowest BCUT2D eigenvalue weighted by Gasteiger charge is -2.19. The maximum Gasteiger partial charge on any atom is 0.279 e. The van der Waals surface area contributed by atoms with Crippen molar-refractivity contribution in [2.45, 2.75) is 13.2 Å². The fraction of sp³-hybridized carbons (Fsp3) is 0.143. The molecule has 0 spiro atoms. The van der Waals surface area contributed by atoms with Crippen LogP contribution in [-0.4, -0.2) is 23.0 Å². The van der Waals surface area contributed by atoms with Gasteiger partial charge in [0.15, 0.2) is 0 Å². The number of benzene rings is 2. The molecule has 0 aliphatic rings. The smallest absolute Gasteiger partial charge is 0.279 e. The Hall–Kier alpha value is -2.89. The molecule has 2 aromatic carbocycles. The first-order valence-corrected chi connectivity index (χ1v) is 8.88. The summed E-state index contributed by atoms with van der Waals surface area (Å²) in [7, 11) is 1.60. The second-order valence-electron chi connectivity index (χ2n) is 5.96. The number of aromatic nitrogens is 1. The fourth-order valence-electron chi connectivity index (χ4n) is 2.55. The summed E-state index contributed by atoms with van der Waals surface area (Å²) >= 11 is 5.98. The third-order valence-electron chi connectivity index (χ3n) is 3.99. The van der Waals surface area contributed by atoms with Gasteiger partial charge in [-0.05, 0) is 47.5 Å². The number of carbonyl (C=O) groups is 1. The first-order valence-electron chi connectivity index (χ1n) is 8.50. The number of nitrogens with one attached hydrogen (secondary N) is 1. The van der Waals surface area contributed by atoms with Crippen LogP contribution in [0.2, 0.25) is 5.02 Å². The van der Waals surface area contributed by atoms with Crippen molar-refractivity contribution in [2.24, 2.45) is 0 Å². The van der Waals surface area contributed by atoms with E-state index in [1.807, 2.05) is 48.5 Å². The Bertz CT molecular complexity index is 903. The van der Waals surface area contributed by atoms with Crippen molar-refractivity contribution in [2.75, 3.05) is 12.4 Å². The molecule has 0 atom stereocenters. The van der Waals surface area contributed by atoms with E-state index in [1.54, 1.807) is 31.6 Å². The van der Waals surface area contributed by atoms with E-state index in [0.717, 1.165) is 16.8 Å². The van der Waals surface area contributed by atoms with Gasteiger partial charge in [0.05, 0.1) is 5.56 Å². The maximum atomic E-state index is 12.8. The molecule has 0 bridgehead atoms. The number of pyridine rings is 1. The molecule has 0 saturated heterocycles. The number of hydrogen-bond acceptors (Lipinski definition) is 4. The molecule has 0 radical (unpaired) electrons. The van der Waals surface area contributed by atoms with E-state index in [-0.39, 0.29) is 12.5 Å². The van der Waals surface area contributed by atoms with Gasteiger partial charge in [0.2, 0.25) is 0 Å². The molecule has 138 valence electrons. The molecular weight excluding hydrogens is 362 g/mol. The van der Waals surface area contributed by atoms with Crippen LogP contribution in [0.15, 0.2) is 73.1 Å². The Labute approximate surface area is 163 Å². The van der Waals surface area contributed by atoms with Crippen LogP contribution in [0.5, 0.6) is 0 Å². The summed E-state index contributed by atoms with van der Waals surface area (Å²) < 4.78 is 0. The van der Waals surface area contributed by atoms with Gasteiger partial charge >= 0.3 is 0 Å². The summed E-state index contributed by atoms with van der Waals surface area (Å²) in [5.74, 6) is -0.227. The number of para-hydroxylation sites is 1. The molecule has 1 amide bonds. The number of hydroxylamine groups is 2. The number of halogens is 1. The van der Waals surface area contributed by atoms with Gasteiger partial charge in [-0.3, -0.25) is 14.6 Å². The quantitative estimate of drug-likeness (QED) is 0.610. The topological polar surface area (TPSA) is 54.5 Å². The summed E-state index contributed by atoms with van der Waals surface area (Å²) in [6, 6.07) is 18.6. The fourth-order valence-corrected chi connectivity index (χ4v) is 2.76. The zero-order valence-corrected chi connectivity index (χ0v) is 15.7. The third kappa shape index (κ3) is 5.29. The molecule has 0 fully saturated rings. The van der Waals surface area contributed by atoms with Gasteiger partial charge in [-0.25, -0.2) is 5.06 Å². The maximum absolute atomic E-state index is 12.8. The Morgan fingerprint density at radius 1 is 1.07 bits per heavy atom. The van der Waals surface area contributed by atoms with Crippen LogP contribution in [0, 0.1) is 0 Å². The molecule has 6 heteroatoms. The standard InChI is InChI=1S/C21H20ClN3O2/c1-25(27-15-17-5-4-6-18(22)13-17)21(26)19-7-2-3-8-20(19)24-14-16-9-11-23-12-10-16/h2-13,24H,14-15H2,1H3. The molecule has 27 heavy (non-hydrogen) atoms. The average molecular weight is 382 g/mol. The van der Waals surface area contributed by atoms with Gasteiger partial charge in [0.25, 0.3) is 5.91 Å². The Morgan fingerprint density at radius 3 is 2.63 bits per heavy atom. The van der Waals surface area contributed by atoms with Crippen LogP contribution < -0.4 is 5.32 Å². The molecular formula is C21H20ClN3O2. The summed E-state index contributed by atoms with van der Waals surface area (Å²) in [5.41, 5.74) is 3.27. The number of nitrogens with zero attached hydrogens (tertiary/aromatic N) is 2. The van der Waals surface area contributed by atoms with Gasteiger partial charge in [0, 0.05) is 36.7 Å². The van der Waals surface area contributed by atoms with E-state index in [2.05, 4.69) is 10.3 Å². The number of rotatable bonds is 7. The average Bonchev–Trinajstić information content (AvgIpc) is 2.71. The lowest BCUT2D eigenvalue weighted by Crippen LogP contribution is -2.27. The van der Waals surface area contributed by atoms with E-state index in [0.29, 0.717) is 17.1 Å². The first-order chi connectivity index (χ1) is 13.1. The predicted octanol–water partition coefficient (Wildman–Crippen LogP) is 4.55. The lowest BCUT2D eigenvalue weighted by atomic mass is 10.1. The summed E-state index contributed by atoms with van der Waals surface area (Å²) in [6.45, 7) is 0.856. The van der Waals surface area contributed by atoms with E-state index in [1.165, 1.54) is 5.06 Å². The highest BCUT2D eigenvalue weighted by Crippen LogP contribution is 2.19. The van der Waals surface area contributed by atoms with Crippen molar-refractivity contribution in [3.05, 3.63) is 94.8 Å². The SMILES string of the molecule is CN(OCc1cccc(Cl)c1)C(=O)c1ccccc1NCc1ccncc1. The highest BCUT2D eigenvalue weighted by Gasteiger charge is 2.16. The Kier molecular flexibility index (Phi) is 6.41. The minimum Gasteiger partial charge on any atom is -0.380 e. The molecule has 5 nitrogen and oxygen atoms in total. The molecule has 0 unspecified atom stereocenters. The van der Waals surface area contributed by atoms with E-state index < -0.39 is 0 Å². The molecule has 0 saturated carbocycles. The molecule has 0 aliphatic carbocycles. The van der Waals surface area contributed by atoms with Crippen LogP contribution in [0.4, 0.5) is 5.69 Å². The normalized spacial score (nSPS) is 10.4. The third-order valence-corrected chi connectivity index (χ3v) is 4.22. The second-order valence-corrected chi connectivity index (χ2v) is 6.40. The minimum atomic E-state index is -0.227. The second kappa shape index (κ2) is 9.16. The van der Waals surface area contributed by atoms with Crippen LogP contribution in [0.3, 0.4) is 0 Å². The van der Waals surface area contributed by atoms with Crippen LogP contribution in [-0.2, 0) is 18.0 Å². The number of amides is 1. The lowest BCUT2D eigenvalue weighted by molar-refractivity contribution is -0.116. The zero-order valence-electron chi connectivity index (χ0n) is 14.9. The number of hydrogen-bond donors (Lipinski definition) is 1. The highest BCUT2D eigenvalue weighted by molar-refractivity contribution is 6.30. The molecule has 1 N–H and O–H groups in total. The zero-order chi connectivity index (χ0) is 19.1. The highest BCUT2D eigenvalue weighted by atomic mass is 35.5. The summed E-state index contributed by atoms with van der Waals surface area (Å²) in [4.78, 5) is 22.4. The van der Waals surface area contributed by atoms with Gasteiger partial charge in [0.1, 0.15) is 6.61 Å².